The second-order valence-electron chi connectivity index (χ2n) is 5.94. The molecule has 3 aliphatic rings. The van der Waals surface area contributed by atoms with Gasteiger partial charge in [0.05, 0.1) is 0 Å². The Hall–Kier alpha value is -0.910. The van der Waals surface area contributed by atoms with Crippen LogP contribution in [-0.2, 0) is 19.0 Å². The van der Waals surface area contributed by atoms with Crippen molar-refractivity contribution in [3.8, 4) is 0 Å². The molecule has 0 aromatic heterocycles. The minimum absolute atomic E-state index is 0.0296. The molecule has 0 aliphatic carbocycles. The Balaban J connectivity index is 1.85. The van der Waals surface area contributed by atoms with Gasteiger partial charge < -0.3 is 14.2 Å². The molecular weight excluding hydrogens is 246 g/mol. The number of nitrogens with zero attached hydrogens (tertiary/aromatic N) is 1. The molecule has 3 heterocycles. The highest BCUT2D eigenvalue weighted by Crippen LogP contribution is 2.39. The summed E-state index contributed by atoms with van der Waals surface area (Å²) < 4.78 is 17.4. The van der Waals surface area contributed by atoms with Gasteiger partial charge in [0.25, 0.3) is 0 Å². The Morgan fingerprint density at radius 2 is 2.05 bits per heavy atom. The fourth-order valence-corrected chi connectivity index (χ4v) is 3.34. The molecule has 106 valence electrons. The number of fused-ring (bicyclic) bond motifs is 3. The number of esters is 1. The number of carbonyl (C=O) groups excluding carboxylic acids is 1. The SMILES string of the molecule is CC(=O)O[C@@H]1CN2CC=CC[C@H]2[C@@H]2OC(C)(C)O[C@@H]21. The number of carbonyl (C=O) groups is 1. The van der Waals surface area contributed by atoms with Crippen molar-refractivity contribution in [2.45, 2.75) is 57.3 Å². The molecule has 2 saturated heterocycles. The van der Waals surface area contributed by atoms with Crippen LogP contribution in [0.2, 0.25) is 0 Å². The molecule has 19 heavy (non-hydrogen) atoms. The number of piperidine rings is 1. The first-order valence-corrected chi connectivity index (χ1v) is 6.88. The summed E-state index contributed by atoms with van der Waals surface area (Å²) in [5.41, 5.74) is 0. The molecule has 0 unspecified atom stereocenters. The topological polar surface area (TPSA) is 48.0 Å². The average Bonchev–Trinajstić information content (AvgIpc) is 2.65. The highest BCUT2D eigenvalue weighted by Gasteiger charge is 2.54. The molecule has 0 bridgehead atoms. The second-order valence-corrected chi connectivity index (χ2v) is 5.94. The number of hydrogen-bond donors (Lipinski definition) is 0. The normalized spacial score (nSPS) is 40.6. The number of ether oxygens (including phenoxy) is 3. The van der Waals surface area contributed by atoms with Crippen molar-refractivity contribution in [3.05, 3.63) is 12.2 Å². The maximum absolute atomic E-state index is 11.3. The van der Waals surface area contributed by atoms with Crippen molar-refractivity contribution in [1.29, 1.82) is 0 Å². The van der Waals surface area contributed by atoms with Crippen LogP contribution < -0.4 is 0 Å². The number of hydrogen-bond acceptors (Lipinski definition) is 5. The van der Waals surface area contributed by atoms with Crippen LogP contribution in [0.1, 0.15) is 27.2 Å². The van der Waals surface area contributed by atoms with E-state index in [9.17, 15) is 4.79 Å². The van der Waals surface area contributed by atoms with Gasteiger partial charge in [0.1, 0.15) is 18.3 Å². The quantitative estimate of drug-likeness (QED) is 0.525. The zero-order chi connectivity index (χ0) is 13.6. The van der Waals surface area contributed by atoms with Crippen LogP contribution >= 0.6 is 0 Å². The molecule has 2 fully saturated rings. The molecule has 0 N–H and O–H groups in total. The molecule has 5 nitrogen and oxygen atoms in total. The Morgan fingerprint density at radius 1 is 1.32 bits per heavy atom. The second kappa shape index (κ2) is 4.58. The summed E-state index contributed by atoms with van der Waals surface area (Å²) in [5, 5.41) is 0. The van der Waals surface area contributed by atoms with Crippen molar-refractivity contribution in [3.63, 3.8) is 0 Å². The summed E-state index contributed by atoms with van der Waals surface area (Å²) in [7, 11) is 0. The third-order valence-corrected chi connectivity index (χ3v) is 3.99. The Kier molecular flexibility index (Phi) is 3.15. The highest BCUT2D eigenvalue weighted by atomic mass is 16.8. The van der Waals surface area contributed by atoms with Gasteiger partial charge in [-0.3, -0.25) is 9.69 Å². The maximum Gasteiger partial charge on any atom is 0.303 e. The van der Waals surface area contributed by atoms with Gasteiger partial charge in [-0.25, -0.2) is 0 Å². The third-order valence-electron chi connectivity index (χ3n) is 3.99. The molecule has 4 atom stereocenters. The molecule has 0 spiro atoms. The largest absolute Gasteiger partial charge is 0.458 e. The van der Waals surface area contributed by atoms with Gasteiger partial charge in [-0.15, -0.1) is 0 Å². The molecule has 0 aromatic rings. The van der Waals surface area contributed by atoms with Crippen LogP contribution in [0.25, 0.3) is 0 Å². The van der Waals surface area contributed by atoms with E-state index < -0.39 is 5.79 Å². The highest BCUT2D eigenvalue weighted by molar-refractivity contribution is 5.66. The predicted octanol–water partition coefficient (Wildman–Crippen LogP) is 1.08. The van der Waals surface area contributed by atoms with E-state index in [0.29, 0.717) is 6.04 Å². The summed E-state index contributed by atoms with van der Waals surface area (Å²) in [6.07, 6.45) is 4.88. The Labute approximate surface area is 113 Å². The zero-order valence-corrected chi connectivity index (χ0v) is 11.7. The van der Waals surface area contributed by atoms with E-state index >= 15 is 0 Å². The standard InChI is InChI=1S/C14H21NO4/c1-9(16)17-11-8-15-7-5-4-6-10(15)12-13(11)19-14(2,3)18-12/h4-5,10-13H,6-8H2,1-3H3/t10-,11+,12-,13+/m0/s1. The van der Waals surface area contributed by atoms with E-state index in [1.165, 1.54) is 6.92 Å². The molecule has 0 radical (unpaired) electrons. The van der Waals surface area contributed by atoms with E-state index in [-0.39, 0.29) is 24.3 Å². The van der Waals surface area contributed by atoms with Gasteiger partial charge in [0.2, 0.25) is 0 Å². The summed E-state index contributed by atoms with van der Waals surface area (Å²) >= 11 is 0. The fourth-order valence-electron chi connectivity index (χ4n) is 3.34. The first kappa shape index (κ1) is 13.1. The lowest BCUT2D eigenvalue weighted by Gasteiger charge is -2.45. The first-order chi connectivity index (χ1) is 8.96. The first-order valence-electron chi connectivity index (χ1n) is 6.88. The molecule has 0 amide bonds. The summed E-state index contributed by atoms with van der Waals surface area (Å²) in [6.45, 7) is 6.88. The van der Waals surface area contributed by atoms with Crippen LogP contribution in [-0.4, -0.2) is 54.1 Å². The molecule has 0 aromatic carbocycles. The van der Waals surface area contributed by atoms with E-state index in [4.69, 9.17) is 14.2 Å². The molecule has 3 rings (SSSR count). The number of rotatable bonds is 1. The predicted molar refractivity (Wildman–Crippen MR) is 68.5 cm³/mol. The van der Waals surface area contributed by atoms with Gasteiger partial charge >= 0.3 is 5.97 Å². The van der Waals surface area contributed by atoms with Gasteiger partial charge in [0.15, 0.2) is 5.79 Å². The maximum atomic E-state index is 11.3. The fraction of sp³-hybridized carbons (Fsp3) is 0.786. The monoisotopic (exact) mass is 267 g/mol. The van der Waals surface area contributed by atoms with Gasteiger partial charge in [0, 0.05) is 26.1 Å². The van der Waals surface area contributed by atoms with Gasteiger partial charge in [-0.2, -0.15) is 0 Å². The van der Waals surface area contributed by atoms with Crippen LogP contribution in [0.3, 0.4) is 0 Å². The lowest BCUT2D eigenvalue weighted by Crippen LogP contribution is -2.61. The van der Waals surface area contributed by atoms with Crippen molar-refractivity contribution in [2.75, 3.05) is 13.1 Å². The summed E-state index contributed by atoms with van der Waals surface area (Å²) in [6, 6.07) is 0.323. The van der Waals surface area contributed by atoms with Crippen LogP contribution in [0, 0.1) is 0 Å². The van der Waals surface area contributed by atoms with Crippen LogP contribution in [0.5, 0.6) is 0 Å². The van der Waals surface area contributed by atoms with Crippen molar-refractivity contribution in [1.82, 2.24) is 4.90 Å². The molecular formula is C14H21NO4. The lowest BCUT2D eigenvalue weighted by atomic mass is 9.90. The van der Waals surface area contributed by atoms with Crippen molar-refractivity contribution < 1.29 is 19.0 Å². The smallest absolute Gasteiger partial charge is 0.303 e. The van der Waals surface area contributed by atoms with E-state index in [1.54, 1.807) is 0 Å². The van der Waals surface area contributed by atoms with Crippen molar-refractivity contribution in [2.24, 2.45) is 0 Å². The van der Waals surface area contributed by atoms with Crippen molar-refractivity contribution >= 4 is 5.97 Å². The minimum Gasteiger partial charge on any atom is -0.458 e. The minimum atomic E-state index is -0.606. The van der Waals surface area contributed by atoms with Crippen LogP contribution in [0.15, 0.2) is 12.2 Å². The van der Waals surface area contributed by atoms with E-state index in [0.717, 1.165) is 19.5 Å². The molecule has 3 aliphatic heterocycles. The Bertz CT molecular complexity index is 406. The average molecular weight is 267 g/mol. The molecule has 0 saturated carbocycles. The van der Waals surface area contributed by atoms with Crippen LogP contribution in [0.4, 0.5) is 0 Å². The molecule has 5 heteroatoms. The van der Waals surface area contributed by atoms with Gasteiger partial charge in [-0.05, 0) is 20.3 Å². The van der Waals surface area contributed by atoms with Gasteiger partial charge in [-0.1, -0.05) is 12.2 Å². The third kappa shape index (κ3) is 2.42. The van der Waals surface area contributed by atoms with E-state index in [1.807, 2.05) is 13.8 Å². The summed E-state index contributed by atoms with van der Waals surface area (Å²) in [5.74, 6) is -0.867. The summed E-state index contributed by atoms with van der Waals surface area (Å²) in [4.78, 5) is 13.6. The Morgan fingerprint density at radius 3 is 2.79 bits per heavy atom. The van der Waals surface area contributed by atoms with E-state index in [2.05, 4.69) is 17.1 Å². The zero-order valence-electron chi connectivity index (χ0n) is 11.7. The lowest BCUT2D eigenvalue weighted by molar-refractivity contribution is -0.170.